The Bertz CT molecular complexity index is 1480. The lowest BCUT2D eigenvalue weighted by Gasteiger charge is -2.13. The predicted molar refractivity (Wildman–Crippen MR) is 127 cm³/mol. The van der Waals surface area contributed by atoms with Crippen LogP contribution in [0.1, 0.15) is 29.5 Å². The number of thiophene rings is 1. The predicted octanol–water partition coefficient (Wildman–Crippen LogP) is 2.77. The van der Waals surface area contributed by atoms with E-state index in [2.05, 4.69) is 15.5 Å². The zero-order chi connectivity index (χ0) is 23.1. The van der Waals surface area contributed by atoms with E-state index in [-0.39, 0.29) is 12.1 Å². The molecule has 0 unspecified atom stereocenters. The number of hydrogen-bond acceptors (Lipinski definition) is 6. The lowest BCUT2D eigenvalue weighted by Crippen LogP contribution is -2.40. The number of H-pyrrole nitrogens is 1. The van der Waals surface area contributed by atoms with Crippen LogP contribution in [0.5, 0.6) is 5.75 Å². The van der Waals surface area contributed by atoms with Crippen molar-refractivity contribution in [2.45, 2.75) is 39.7 Å². The van der Waals surface area contributed by atoms with Crippen LogP contribution < -0.4 is 21.3 Å². The van der Waals surface area contributed by atoms with Gasteiger partial charge in [0.15, 0.2) is 5.82 Å². The number of aromatic amines is 1. The monoisotopic (exact) mass is 465 g/mol. The van der Waals surface area contributed by atoms with Crippen LogP contribution in [0, 0.1) is 6.92 Å². The molecule has 0 spiro atoms. The van der Waals surface area contributed by atoms with E-state index < -0.39 is 11.6 Å². The van der Waals surface area contributed by atoms with Crippen LogP contribution in [-0.2, 0) is 24.2 Å². The molecule has 1 aliphatic rings. The Morgan fingerprint density at radius 3 is 2.73 bits per heavy atom. The summed E-state index contributed by atoms with van der Waals surface area (Å²) in [7, 11) is 0. The van der Waals surface area contributed by atoms with E-state index in [0.29, 0.717) is 34.1 Å². The lowest BCUT2D eigenvalue weighted by atomic mass is 10.2. The fraction of sp³-hybridized carbons (Fsp3) is 0.304. The standard InChI is InChI=1S/C23H23N5O4S/c1-3-32-15-9-7-14(8-10-15)28-21(30)20-16-5-4-6-17(16)33-22(20)27(23(28)31)12-19(29)24-18-11-13(2)25-26-18/h7-11H,3-6,12H2,1-2H3,(H2,24,25,26,29). The maximum absolute atomic E-state index is 13.5. The van der Waals surface area contributed by atoms with Crippen LogP contribution in [0.25, 0.3) is 15.9 Å². The first kappa shape index (κ1) is 21.2. The first-order chi connectivity index (χ1) is 16.0. The van der Waals surface area contributed by atoms with Crippen molar-refractivity contribution in [1.29, 1.82) is 0 Å². The smallest absolute Gasteiger partial charge is 0.337 e. The molecule has 0 fully saturated rings. The number of anilines is 1. The van der Waals surface area contributed by atoms with E-state index in [1.54, 1.807) is 30.3 Å². The number of rotatable bonds is 6. The van der Waals surface area contributed by atoms with Crippen molar-refractivity contribution in [3.8, 4) is 11.4 Å². The van der Waals surface area contributed by atoms with E-state index in [4.69, 9.17) is 4.74 Å². The van der Waals surface area contributed by atoms with Crippen molar-refractivity contribution in [3.63, 3.8) is 0 Å². The molecule has 1 aliphatic carbocycles. The number of carbonyl (C=O) groups excluding carboxylic acids is 1. The molecule has 2 N–H and O–H groups in total. The lowest BCUT2D eigenvalue weighted by molar-refractivity contribution is -0.116. The zero-order valence-corrected chi connectivity index (χ0v) is 19.1. The van der Waals surface area contributed by atoms with Crippen molar-refractivity contribution in [2.24, 2.45) is 0 Å². The second kappa shape index (κ2) is 8.36. The molecule has 9 nitrogen and oxygen atoms in total. The number of fused-ring (bicyclic) bond motifs is 3. The van der Waals surface area contributed by atoms with Crippen LogP contribution in [0.4, 0.5) is 5.82 Å². The van der Waals surface area contributed by atoms with Crippen LogP contribution in [0.3, 0.4) is 0 Å². The van der Waals surface area contributed by atoms with E-state index in [1.165, 1.54) is 15.9 Å². The normalized spacial score (nSPS) is 12.8. The molecule has 4 aromatic rings. The molecule has 0 atom stereocenters. The second-order valence-electron chi connectivity index (χ2n) is 7.96. The third-order valence-electron chi connectivity index (χ3n) is 5.67. The highest BCUT2D eigenvalue weighted by Gasteiger charge is 2.26. The summed E-state index contributed by atoms with van der Waals surface area (Å²) in [6.07, 6.45) is 2.66. The molecule has 0 radical (unpaired) electrons. The van der Waals surface area contributed by atoms with Crippen molar-refractivity contribution in [2.75, 3.05) is 11.9 Å². The van der Waals surface area contributed by atoms with Crippen LogP contribution in [-0.4, -0.2) is 31.8 Å². The Kier molecular flexibility index (Phi) is 5.37. The molecule has 3 heterocycles. The molecule has 10 heteroatoms. The topological polar surface area (TPSA) is 111 Å². The fourth-order valence-electron chi connectivity index (χ4n) is 4.24. The molecular formula is C23H23N5O4S. The average Bonchev–Trinajstić information content (AvgIpc) is 3.49. The van der Waals surface area contributed by atoms with Gasteiger partial charge in [-0.05, 0) is 62.9 Å². The first-order valence-corrected chi connectivity index (χ1v) is 11.6. The van der Waals surface area contributed by atoms with Gasteiger partial charge in [0.05, 0.1) is 17.7 Å². The number of carbonyl (C=O) groups is 1. The van der Waals surface area contributed by atoms with Crippen LogP contribution in [0.15, 0.2) is 39.9 Å². The number of ether oxygens (including phenoxy) is 1. The summed E-state index contributed by atoms with van der Waals surface area (Å²) in [5.74, 6) is 0.645. The summed E-state index contributed by atoms with van der Waals surface area (Å²) in [5.41, 5.74) is 1.34. The SMILES string of the molecule is CCOc1ccc(-n2c(=O)c3c4c(sc3n(CC(=O)Nc3cc(C)[nH]n3)c2=O)CCC4)cc1. The fourth-order valence-corrected chi connectivity index (χ4v) is 5.61. The number of aryl methyl sites for hydroxylation is 3. The minimum absolute atomic E-state index is 0.224. The summed E-state index contributed by atoms with van der Waals surface area (Å²) in [6, 6.07) is 8.52. The summed E-state index contributed by atoms with van der Waals surface area (Å²) >= 11 is 1.43. The number of amides is 1. The van der Waals surface area contributed by atoms with Gasteiger partial charge in [-0.25, -0.2) is 9.36 Å². The number of aromatic nitrogens is 4. The second-order valence-corrected chi connectivity index (χ2v) is 9.04. The molecule has 33 heavy (non-hydrogen) atoms. The molecule has 0 saturated heterocycles. The molecule has 170 valence electrons. The number of hydrogen-bond donors (Lipinski definition) is 2. The molecule has 0 saturated carbocycles. The third kappa shape index (κ3) is 3.76. The molecule has 3 aromatic heterocycles. The quantitative estimate of drug-likeness (QED) is 0.455. The Labute approximate surface area is 192 Å². The van der Waals surface area contributed by atoms with E-state index >= 15 is 0 Å². The minimum atomic E-state index is -0.551. The third-order valence-corrected chi connectivity index (χ3v) is 6.98. The highest BCUT2D eigenvalue weighted by Crippen LogP contribution is 2.35. The number of nitrogens with one attached hydrogen (secondary N) is 2. The van der Waals surface area contributed by atoms with Gasteiger partial charge in [0.2, 0.25) is 5.91 Å². The Morgan fingerprint density at radius 2 is 2.03 bits per heavy atom. The molecule has 0 aliphatic heterocycles. The Hall–Kier alpha value is -3.66. The zero-order valence-electron chi connectivity index (χ0n) is 18.3. The summed E-state index contributed by atoms with van der Waals surface area (Å²) < 4.78 is 8.02. The molecule has 0 bridgehead atoms. The highest BCUT2D eigenvalue weighted by molar-refractivity contribution is 7.19. The van der Waals surface area contributed by atoms with E-state index in [1.807, 2.05) is 13.8 Å². The molecule has 1 amide bonds. The highest BCUT2D eigenvalue weighted by atomic mass is 32.1. The van der Waals surface area contributed by atoms with Gasteiger partial charge < -0.3 is 10.1 Å². The molecule has 1 aromatic carbocycles. The van der Waals surface area contributed by atoms with Crippen molar-refractivity contribution < 1.29 is 9.53 Å². The van der Waals surface area contributed by atoms with Crippen LogP contribution in [0.2, 0.25) is 0 Å². The maximum atomic E-state index is 13.5. The maximum Gasteiger partial charge on any atom is 0.337 e. The van der Waals surface area contributed by atoms with Gasteiger partial charge >= 0.3 is 5.69 Å². The van der Waals surface area contributed by atoms with Gasteiger partial charge in [0.1, 0.15) is 17.1 Å². The van der Waals surface area contributed by atoms with Crippen LogP contribution >= 0.6 is 11.3 Å². The molecule has 5 rings (SSSR count). The Morgan fingerprint density at radius 1 is 1.24 bits per heavy atom. The van der Waals surface area contributed by atoms with E-state index in [9.17, 15) is 14.4 Å². The number of benzene rings is 1. The number of nitrogens with zero attached hydrogens (tertiary/aromatic N) is 3. The average molecular weight is 466 g/mol. The Balaban J connectivity index is 1.64. The molecular weight excluding hydrogens is 442 g/mol. The van der Waals surface area contributed by atoms with E-state index in [0.717, 1.165) is 40.0 Å². The van der Waals surface area contributed by atoms with Gasteiger partial charge in [-0.3, -0.25) is 19.3 Å². The summed E-state index contributed by atoms with van der Waals surface area (Å²) in [6.45, 7) is 4.01. The van der Waals surface area contributed by atoms with Gasteiger partial charge in [-0.15, -0.1) is 11.3 Å². The van der Waals surface area contributed by atoms with Gasteiger partial charge in [-0.1, -0.05) is 0 Å². The first-order valence-electron chi connectivity index (χ1n) is 10.8. The van der Waals surface area contributed by atoms with Gasteiger partial charge in [-0.2, -0.15) is 5.10 Å². The van der Waals surface area contributed by atoms with Gasteiger partial charge in [0, 0.05) is 16.6 Å². The minimum Gasteiger partial charge on any atom is -0.494 e. The van der Waals surface area contributed by atoms with Crippen molar-refractivity contribution in [1.82, 2.24) is 19.3 Å². The summed E-state index contributed by atoms with van der Waals surface area (Å²) in [5, 5.41) is 10.0. The largest absolute Gasteiger partial charge is 0.494 e. The van der Waals surface area contributed by atoms with Gasteiger partial charge in [0.25, 0.3) is 5.56 Å². The summed E-state index contributed by atoms with van der Waals surface area (Å²) in [4.78, 5) is 41.5. The van der Waals surface area contributed by atoms with Crippen molar-refractivity contribution >= 4 is 33.3 Å². The van der Waals surface area contributed by atoms with Crippen molar-refractivity contribution in [3.05, 3.63) is 67.3 Å².